The Labute approximate surface area is 141 Å². The first kappa shape index (κ1) is 16.5. The van der Waals surface area contributed by atoms with Crippen molar-refractivity contribution in [3.05, 3.63) is 53.4 Å². The van der Waals surface area contributed by atoms with E-state index in [0.29, 0.717) is 17.9 Å². The molecule has 6 nitrogen and oxygen atoms in total. The lowest BCUT2D eigenvalue weighted by atomic mass is 9.95. The van der Waals surface area contributed by atoms with Crippen LogP contribution in [-0.4, -0.2) is 27.5 Å². The van der Waals surface area contributed by atoms with Crippen molar-refractivity contribution in [3.8, 4) is 0 Å². The minimum atomic E-state index is -0.396. The number of aryl methyl sites for hydroxylation is 1. The van der Waals surface area contributed by atoms with Crippen LogP contribution in [0.15, 0.2) is 30.9 Å². The first-order valence-corrected chi connectivity index (χ1v) is 8.22. The first-order chi connectivity index (χ1) is 11.6. The van der Waals surface area contributed by atoms with E-state index in [0.717, 1.165) is 37.0 Å². The third-order valence-corrected chi connectivity index (χ3v) is 4.24. The Bertz CT molecular complexity index is 709. The number of nitrogens with zero attached hydrogens (tertiary/aromatic N) is 3. The Morgan fingerprint density at radius 3 is 2.71 bits per heavy atom. The van der Waals surface area contributed by atoms with Gasteiger partial charge in [0.15, 0.2) is 5.82 Å². The molecule has 1 atom stereocenters. The number of carbonyl (C=O) groups is 1. The summed E-state index contributed by atoms with van der Waals surface area (Å²) in [5, 5.41) is 2.86. The molecule has 1 amide bonds. The van der Waals surface area contributed by atoms with Gasteiger partial charge < -0.3 is 10.1 Å². The zero-order chi connectivity index (χ0) is 17.0. The molecule has 0 unspecified atom stereocenters. The second-order valence-corrected chi connectivity index (χ2v) is 6.38. The van der Waals surface area contributed by atoms with Gasteiger partial charge in [0, 0.05) is 43.5 Å². The van der Waals surface area contributed by atoms with Gasteiger partial charge in [-0.15, -0.1) is 0 Å². The lowest BCUT2D eigenvalue weighted by Gasteiger charge is -2.32. The van der Waals surface area contributed by atoms with Crippen LogP contribution in [0.4, 0.5) is 0 Å². The van der Waals surface area contributed by atoms with E-state index < -0.39 is 5.60 Å². The average molecular weight is 326 g/mol. The van der Waals surface area contributed by atoms with Gasteiger partial charge in [-0.1, -0.05) is 0 Å². The van der Waals surface area contributed by atoms with Crippen LogP contribution >= 0.6 is 0 Å². The quantitative estimate of drug-likeness (QED) is 0.934. The number of carbonyl (C=O) groups excluding carboxylic acids is 1. The molecule has 1 saturated heterocycles. The number of hydrogen-bond acceptors (Lipinski definition) is 5. The van der Waals surface area contributed by atoms with E-state index in [2.05, 4.69) is 20.3 Å². The fourth-order valence-corrected chi connectivity index (χ4v) is 2.79. The van der Waals surface area contributed by atoms with Crippen LogP contribution in [0, 0.1) is 6.92 Å². The Balaban J connectivity index is 1.61. The normalized spacial score (nSPS) is 20.6. The maximum absolute atomic E-state index is 12.1. The van der Waals surface area contributed by atoms with Gasteiger partial charge >= 0.3 is 0 Å². The molecule has 126 valence electrons. The van der Waals surface area contributed by atoms with E-state index in [1.54, 1.807) is 24.8 Å². The number of aromatic nitrogens is 3. The predicted molar refractivity (Wildman–Crippen MR) is 89.3 cm³/mol. The monoisotopic (exact) mass is 326 g/mol. The van der Waals surface area contributed by atoms with Crippen molar-refractivity contribution in [2.75, 3.05) is 6.61 Å². The molecule has 1 N–H and O–H groups in total. The van der Waals surface area contributed by atoms with Crippen molar-refractivity contribution in [1.82, 2.24) is 20.3 Å². The summed E-state index contributed by atoms with van der Waals surface area (Å²) in [6, 6.07) is 1.81. The standard InChI is InChI=1S/C18H22N4O2/c1-13-7-15(12-19-8-13)16(23)20-9-14-10-21-17(22-11-14)18(2)5-3-4-6-24-18/h7-8,10-12H,3-6,9H2,1-2H3,(H,20,23)/t18-/m0/s1. The summed E-state index contributed by atoms with van der Waals surface area (Å²) in [5.41, 5.74) is 1.96. The fourth-order valence-electron chi connectivity index (χ4n) is 2.79. The van der Waals surface area contributed by atoms with Crippen LogP contribution in [0.25, 0.3) is 0 Å². The third-order valence-electron chi connectivity index (χ3n) is 4.24. The van der Waals surface area contributed by atoms with Gasteiger partial charge in [-0.3, -0.25) is 9.78 Å². The van der Waals surface area contributed by atoms with Crippen LogP contribution in [0.1, 0.15) is 53.5 Å². The van der Waals surface area contributed by atoms with Gasteiger partial charge in [0.05, 0.1) is 5.56 Å². The first-order valence-electron chi connectivity index (χ1n) is 8.22. The predicted octanol–water partition coefficient (Wildman–Crippen LogP) is 2.53. The van der Waals surface area contributed by atoms with Crippen molar-refractivity contribution in [2.24, 2.45) is 0 Å². The maximum Gasteiger partial charge on any atom is 0.253 e. The second-order valence-electron chi connectivity index (χ2n) is 6.38. The maximum atomic E-state index is 12.1. The number of nitrogens with one attached hydrogen (secondary N) is 1. The molecular weight excluding hydrogens is 304 g/mol. The molecule has 0 spiro atoms. The average Bonchev–Trinajstić information content (AvgIpc) is 2.61. The molecule has 1 fully saturated rings. The minimum absolute atomic E-state index is 0.155. The summed E-state index contributed by atoms with van der Waals surface area (Å²) in [7, 11) is 0. The zero-order valence-electron chi connectivity index (χ0n) is 14.1. The SMILES string of the molecule is Cc1cncc(C(=O)NCc2cnc([C@]3(C)CCCCO3)nc2)c1. The third kappa shape index (κ3) is 3.76. The lowest BCUT2D eigenvalue weighted by molar-refractivity contribution is -0.0760. The van der Waals surface area contributed by atoms with Crippen molar-refractivity contribution in [1.29, 1.82) is 0 Å². The molecule has 0 radical (unpaired) electrons. The van der Waals surface area contributed by atoms with E-state index in [1.807, 2.05) is 19.9 Å². The van der Waals surface area contributed by atoms with Gasteiger partial charge in [-0.05, 0) is 44.7 Å². The highest BCUT2D eigenvalue weighted by molar-refractivity contribution is 5.93. The van der Waals surface area contributed by atoms with Crippen LogP contribution in [0.2, 0.25) is 0 Å². The van der Waals surface area contributed by atoms with E-state index in [-0.39, 0.29) is 5.91 Å². The molecule has 0 saturated carbocycles. The molecular formula is C18H22N4O2. The number of rotatable bonds is 4. The van der Waals surface area contributed by atoms with Gasteiger partial charge in [0.1, 0.15) is 5.60 Å². The number of hydrogen-bond donors (Lipinski definition) is 1. The van der Waals surface area contributed by atoms with Crippen molar-refractivity contribution >= 4 is 5.91 Å². The summed E-state index contributed by atoms with van der Waals surface area (Å²) < 4.78 is 5.86. The molecule has 0 bridgehead atoms. The van der Waals surface area contributed by atoms with Crippen molar-refractivity contribution < 1.29 is 9.53 Å². The van der Waals surface area contributed by atoms with Gasteiger partial charge in [0.2, 0.25) is 0 Å². The molecule has 6 heteroatoms. The van der Waals surface area contributed by atoms with Gasteiger partial charge in [0.25, 0.3) is 5.91 Å². The summed E-state index contributed by atoms with van der Waals surface area (Å²) >= 11 is 0. The van der Waals surface area contributed by atoms with E-state index in [9.17, 15) is 4.79 Å². The van der Waals surface area contributed by atoms with Crippen LogP contribution in [0.5, 0.6) is 0 Å². The zero-order valence-corrected chi connectivity index (χ0v) is 14.1. The fraction of sp³-hybridized carbons (Fsp3) is 0.444. The molecule has 1 aliphatic rings. The van der Waals surface area contributed by atoms with E-state index >= 15 is 0 Å². The summed E-state index contributed by atoms with van der Waals surface area (Å²) in [5.74, 6) is 0.554. The van der Waals surface area contributed by atoms with Crippen LogP contribution in [0.3, 0.4) is 0 Å². The summed E-state index contributed by atoms with van der Waals surface area (Å²) in [6.07, 6.45) is 9.93. The molecule has 24 heavy (non-hydrogen) atoms. The molecule has 0 aliphatic carbocycles. The lowest BCUT2D eigenvalue weighted by Crippen LogP contribution is -2.32. The Kier molecular flexibility index (Phi) is 4.85. The van der Waals surface area contributed by atoms with Crippen molar-refractivity contribution in [2.45, 2.75) is 45.3 Å². The molecule has 2 aromatic rings. The van der Waals surface area contributed by atoms with Crippen LogP contribution < -0.4 is 5.32 Å². The van der Waals surface area contributed by atoms with Gasteiger partial charge in [-0.2, -0.15) is 0 Å². The topological polar surface area (TPSA) is 77.0 Å². The van der Waals surface area contributed by atoms with E-state index in [4.69, 9.17) is 4.74 Å². The molecule has 3 heterocycles. The molecule has 1 aliphatic heterocycles. The highest BCUT2D eigenvalue weighted by Gasteiger charge is 2.32. The molecule has 3 rings (SSSR count). The number of amides is 1. The number of ether oxygens (including phenoxy) is 1. The molecule has 0 aromatic carbocycles. The van der Waals surface area contributed by atoms with Crippen molar-refractivity contribution in [3.63, 3.8) is 0 Å². The summed E-state index contributed by atoms with van der Waals surface area (Å²) in [6.45, 7) is 5.07. The summed E-state index contributed by atoms with van der Waals surface area (Å²) in [4.78, 5) is 25.0. The Hall–Kier alpha value is -2.34. The highest BCUT2D eigenvalue weighted by atomic mass is 16.5. The Morgan fingerprint density at radius 2 is 2.04 bits per heavy atom. The smallest absolute Gasteiger partial charge is 0.253 e. The van der Waals surface area contributed by atoms with Gasteiger partial charge in [-0.25, -0.2) is 9.97 Å². The second kappa shape index (κ2) is 7.05. The number of pyridine rings is 1. The molecule has 2 aromatic heterocycles. The minimum Gasteiger partial charge on any atom is -0.367 e. The Morgan fingerprint density at radius 1 is 1.25 bits per heavy atom. The van der Waals surface area contributed by atoms with Crippen LogP contribution in [-0.2, 0) is 16.9 Å². The highest BCUT2D eigenvalue weighted by Crippen LogP contribution is 2.32. The largest absolute Gasteiger partial charge is 0.367 e. The van der Waals surface area contributed by atoms with E-state index in [1.165, 1.54) is 0 Å².